The Morgan fingerprint density at radius 2 is 2.00 bits per heavy atom. The van der Waals surface area contributed by atoms with Crippen molar-refractivity contribution in [3.05, 3.63) is 58.5 Å². The second-order valence-electron chi connectivity index (χ2n) is 4.90. The number of hydrogen-bond acceptors (Lipinski definition) is 5. The number of nitrogens with one attached hydrogen (secondary N) is 1. The van der Waals surface area contributed by atoms with Crippen molar-refractivity contribution in [2.45, 2.75) is 0 Å². The molecule has 0 unspecified atom stereocenters. The summed E-state index contributed by atoms with van der Waals surface area (Å²) in [6.45, 7) is -0.0110. The number of aromatic nitrogens is 3. The SMILES string of the molecule is Cn1cnc(-c2ccc(C(=O)NCC(=O)c3cccs3)cc2)n1. The lowest BCUT2D eigenvalue weighted by atomic mass is 10.1. The highest BCUT2D eigenvalue weighted by molar-refractivity contribution is 7.12. The number of Topliss-reactive ketones (excluding diaryl/α,β-unsaturated/α-hetero) is 1. The topological polar surface area (TPSA) is 76.9 Å². The molecule has 0 fully saturated rings. The first-order valence-electron chi connectivity index (χ1n) is 6.94. The molecule has 1 aromatic carbocycles. The Hall–Kier alpha value is -2.80. The molecule has 0 spiro atoms. The van der Waals surface area contributed by atoms with E-state index in [9.17, 15) is 9.59 Å². The molecule has 0 aliphatic heterocycles. The third-order valence-electron chi connectivity index (χ3n) is 3.21. The number of carbonyl (C=O) groups excluding carboxylic acids is 2. The van der Waals surface area contributed by atoms with Gasteiger partial charge in [0.1, 0.15) is 6.33 Å². The molecule has 1 N–H and O–H groups in total. The van der Waals surface area contributed by atoms with Crippen LogP contribution in [0.5, 0.6) is 0 Å². The van der Waals surface area contributed by atoms with Gasteiger partial charge in [-0.15, -0.1) is 11.3 Å². The van der Waals surface area contributed by atoms with Crippen LogP contribution in [0.1, 0.15) is 20.0 Å². The molecule has 6 nitrogen and oxygen atoms in total. The number of benzene rings is 1. The van der Waals surface area contributed by atoms with E-state index >= 15 is 0 Å². The molecule has 0 radical (unpaired) electrons. The van der Waals surface area contributed by atoms with Crippen molar-refractivity contribution >= 4 is 23.0 Å². The second-order valence-corrected chi connectivity index (χ2v) is 5.85. The molecule has 116 valence electrons. The van der Waals surface area contributed by atoms with Crippen molar-refractivity contribution < 1.29 is 9.59 Å². The van der Waals surface area contributed by atoms with Gasteiger partial charge in [-0.2, -0.15) is 5.10 Å². The summed E-state index contributed by atoms with van der Waals surface area (Å²) in [5, 5.41) is 8.67. The van der Waals surface area contributed by atoms with Crippen LogP contribution >= 0.6 is 11.3 Å². The fraction of sp³-hybridized carbons (Fsp3) is 0.125. The Kier molecular flexibility index (Phi) is 4.29. The number of amides is 1. The van der Waals surface area contributed by atoms with Gasteiger partial charge in [0.2, 0.25) is 0 Å². The molecular weight excluding hydrogens is 312 g/mol. The molecule has 2 heterocycles. The first kappa shape index (κ1) is 15.1. The van der Waals surface area contributed by atoms with Crippen LogP contribution in [0.25, 0.3) is 11.4 Å². The Bertz CT molecular complexity index is 822. The maximum Gasteiger partial charge on any atom is 0.251 e. The van der Waals surface area contributed by atoms with Gasteiger partial charge in [-0.25, -0.2) is 4.98 Å². The smallest absolute Gasteiger partial charge is 0.251 e. The Morgan fingerprint density at radius 1 is 1.22 bits per heavy atom. The minimum Gasteiger partial charge on any atom is -0.345 e. The van der Waals surface area contributed by atoms with Gasteiger partial charge < -0.3 is 5.32 Å². The van der Waals surface area contributed by atoms with Crippen LogP contribution in [-0.4, -0.2) is 33.0 Å². The van der Waals surface area contributed by atoms with E-state index in [1.165, 1.54) is 11.3 Å². The first-order valence-corrected chi connectivity index (χ1v) is 7.82. The third kappa shape index (κ3) is 3.51. The van der Waals surface area contributed by atoms with Gasteiger partial charge in [0.05, 0.1) is 11.4 Å². The average Bonchev–Trinajstić information content (AvgIpc) is 3.24. The molecule has 0 aliphatic carbocycles. The standard InChI is InChI=1S/C16H14N4O2S/c1-20-10-18-15(19-20)11-4-6-12(7-5-11)16(22)17-9-13(21)14-3-2-8-23-14/h2-8,10H,9H2,1H3,(H,17,22). The number of thiophene rings is 1. The minimum atomic E-state index is -0.282. The Balaban J connectivity index is 1.62. The van der Waals surface area contributed by atoms with E-state index in [4.69, 9.17) is 0 Å². The summed E-state index contributed by atoms with van der Waals surface area (Å²) in [5.74, 6) is 0.227. The first-order chi connectivity index (χ1) is 11.1. The second kappa shape index (κ2) is 6.53. The zero-order valence-corrected chi connectivity index (χ0v) is 13.2. The fourth-order valence-corrected chi connectivity index (χ4v) is 2.69. The molecule has 1 amide bonds. The van der Waals surface area contributed by atoms with Gasteiger partial charge in [-0.3, -0.25) is 14.3 Å². The highest BCUT2D eigenvalue weighted by Gasteiger charge is 2.11. The lowest BCUT2D eigenvalue weighted by molar-refractivity contribution is 0.0905. The molecule has 0 aliphatic rings. The lowest BCUT2D eigenvalue weighted by Gasteiger charge is -2.04. The van der Waals surface area contributed by atoms with Gasteiger partial charge >= 0.3 is 0 Å². The zero-order chi connectivity index (χ0) is 16.2. The molecule has 0 saturated heterocycles. The molecule has 0 bridgehead atoms. The van der Waals surface area contributed by atoms with E-state index in [1.807, 2.05) is 11.4 Å². The monoisotopic (exact) mass is 326 g/mol. The molecule has 23 heavy (non-hydrogen) atoms. The normalized spacial score (nSPS) is 10.5. The Labute approximate surface area is 136 Å². The number of carbonyl (C=O) groups is 2. The highest BCUT2D eigenvalue weighted by Crippen LogP contribution is 2.15. The number of hydrogen-bond donors (Lipinski definition) is 1. The van der Waals surface area contributed by atoms with Crippen molar-refractivity contribution in [3.8, 4) is 11.4 Å². The van der Waals surface area contributed by atoms with Gasteiger partial charge in [-0.05, 0) is 23.6 Å². The lowest BCUT2D eigenvalue weighted by Crippen LogP contribution is -2.29. The van der Waals surface area contributed by atoms with E-state index in [1.54, 1.807) is 48.4 Å². The quantitative estimate of drug-likeness (QED) is 0.729. The largest absolute Gasteiger partial charge is 0.345 e. The molecule has 0 saturated carbocycles. The molecule has 3 aromatic rings. The van der Waals surface area contributed by atoms with Gasteiger partial charge in [0.25, 0.3) is 5.91 Å². The molecular formula is C16H14N4O2S. The summed E-state index contributed by atoms with van der Waals surface area (Å²) in [4.78, 5) is 28.7. The van der Waals surface area contributed by atoms with E-state index < -0.39 is 0 Å². The maximum atomic E-state index is 12.1. The van der Waals surface area contributed by atoms with Crippen molar-refractivity contribution in [1.82, 2.24) is 20.1 Å². The summed E-state index contributed by atoms with van der Waals surface area (Å²) < 4.78 is 1.62. The van der Waals surface area contributed by atoms with Crippen LogP contribution in [-0.2, 0) is 7.05 Å². The molecule has 0 atom stereocenters. The van der Waals surface area contributed by atoms with Crippen molar-refractivity contribution in [2.75, 3.05) is 6.54 Å². The number of aryl methyl sites for hydroxylation is 1. The maximum absolute atomic E-state index is 12.1. The summed E-state index contributed by atoms with van der Waals surface area (Å²) in [5.41, 5.74) is 1.32. The number of ketones is 1. The predicted octanol–water partition coefficient (Wildman–Crippen LogP) is 2.16. The van der Waals surface area contributed by atoms with Gasteiger partial charge in [0, 0.05) is 18.2 Å². The van der Waals surface area contributed by atoms with Gasteiger partial charge in [-0.1, -0.05) is 18.2 Å². The van der Waals surface area contributed by atoms with E-state index in [2.05, 4.69) is 15.4 Å². The average molecular weight is 326 g/mol. The summed E-state index contributed by atoms with van der Waals surface area (Å²) in [7, 11) is 1.79. The summed E-state index contributed by atoms with van der Waals surface area (Å²) in [6, 6.07) is 10.5. The van der Waals surface area contributed by atoms with Crippen molar-refractivity contribution in [3.63, 3.8) is 0 Å². The van der Waals surface area contributed by atoms with Crippen LogP contribution in [0.15, 0.2) is 48.1 Å². The van der Waals surface area contributed by atoms with Crippen LogP contribution in [0.2, 0.25) is 0 Å². The van der Waals surface area contributed by atoms with E-state index in [0.29, 0.717) is 16.3 Å². The van der Waals surface area contributed by atoms with Crippen molar-refractivity contribution in [1.29, 1.82) is 0 Å². The Morgan fingerprint density at radius 3 is 2.61 bits per heavy atom. The third-order valence-corrected chi connectivity index (χ3v) is 4.12. The molecule has 7 heteroatoms. The number of rotatable bonds is 5. The van der Waals surface area contributed by atoms with E-state index in [-0.39, 0.29) is 18.2 Å². The van der Waals surface area contributed by atoms with Crippen LogP contribution < -0.4 is 5.32 Å². The number of nitrogens with zero attached hydrogens (tertiary/aromatic N) is 3. The molecule has 2 aromatic heterocycles. The van der Waals surface area contributed by atoms with Gasteiger partial charge in [0.15, 0.2) is 11.6 Å². The molecule has 3 rings (SSSR count). The fourth-order valence-electron chi connectivity index (χ4n) is 2.03. The summed E-state index contributed by atoms with van der Waals surface area (Å²) >= 11 is 1.36. The van der Waals surface area contributed by atoms with Crippen molar-refractivity contribution in [2.24, 2.45) is 7.05 Å². The highest BCUT2D eigenvalue weighted by atomic mass is 32.1. The minimum absolute atomic E-state index is 0.0110. The van der Waals surface area contributed by atoms with E-state index in [0.717, 1.165) is 5.56 Å². The van der Waals surface area contributed by atoms with Crippen LogP contribution in [0.3, 0.4) is 0 Å². The predicted molar refractivity (Wildman–Crippen MR) is 87.4 cm³/mol. The summed E-state index contributed by atoms with van der Waals surface area (Å²) in [6.07, 6.45) is 1.62. The van der Waals surface area contributed by atoms with Crippen LogP contribution in [0.4, 0.5) is 0 Å². The van der Waals surface area contributed by atoms with Crippen LogP contribution in [0, 0.1) is 0 Å². The zero-order valence-electron chi connectivity index (χ0n) is 12.4.